The van der Waals surface area contributed by atoms with E-state index in [0.29, 0.717) is 6.42 Å². The summed E-state index contributed by atoms with van der Waals surface area (Å²) in [4.78, 5) is 12.5. The summed E-state index contributed by atoms with van der Waals surface area (Å²) in [7, 11) is -4.43. The third-order valence-corrected chi connectivity index (χ3v) is 8.76. The lowest BCUT2D eigenvalue weighted by atomic mass is 10.0. The Kier molecular flexibility index (Phi) is 28.7. The smallest absolute Gasteiger partial charge is 0.267 e. The lowest BCUT2D eigenvalue weighted by Gasteiger charge is -2.22. The van der Waals surface area contributed by atoms with Crippen molar-refractivity contribution in [2.75, 3.05) is 5.75 Å². The van der Waals surface area contributed by atoms with Gasteiger partial charge in [0.25, 0.3) is 10.1 Å². The van der Waals surface area contributed by atoms with Gasteiger partial charge in [0.05, 0.1) is 17.9 Å². The fraction of sp³-hybridized carbons (Fsp3) is 0.857. The zero-order valence-electron chi connectivity index (χ0n) is 27.7. The molecule has 0 saturated heterocycles. The minimum Gasteiger partial charge on any atom is -0.387 e. The van der Waals surface area contributed by atoms with Gasteiger partial charge in [-0.3, -0.25) is 9.35 Å². The minimum absolute atomic E-state index is 0.266. The number of allylic oxidation sites excluding steroid dienone is 3. The van der Waals surface area contributed by atoms with E-state index in [9.17, 15) is 28.0 Å². The second-order valence-corrected chi connectivity index (χ2v) is 13.8. The summed E-state index contributed by atoms with van der Waals surface area (Å²) in [5.74, 6) is -1.55. The van der Waals surface area contributed by atoms with Crippen LogP contribution in [0.5, 0.6) is 0 Å². The lowest BCUT2D eigenvalue weighted by Crippen LogP contribution is -2.50. The van der Waals surface area contributed by atoms with Crippen LogP contribution in [0, 0.1) is 0 Å². The normalized spacial score (nSPS) is 14.4. The Morgan fingerprint density at radius 1 is 0.628 bits per heavy atom. The van der Waals surface area contributed by atoms with Crippen molar-refractivity contribution in [1.82, 2.24) is 5.32 Å². The Morgan fingerprint density at radius 3 is 1.53 bits per heavy atom. The standard InChI is InChI=1S/C35H67NO6S/c1-3-5-7-9-11-13-15-16-17-18-19-20-22-23-25-27-29-33(37)32(31-43(40,41)42)36-35(39)34(38)30-28-26-24-21-14-12-10-8-6-4-2/h10,12,27,29,32-34,37-38H,3-9,11,13-26,28,30-31H2,1-2H3,(H,36,39)(H,40,41,42)/b12-10-,29-27+. The Labute approximate surface area is 265 Å². The third kappa shape index (κ3) is 29.3. The van der Waals surface area contributed by atoms with Gasteiger partial charge in [-0.25, -0.2) is 0 Å². The monoisotopic (exact) mass is 629 g/mol. The number of aliphatic hydroxyl groups excluding tert-OH is 2. The summed E-state index contributed by atoms with van der Waals surface area (Å²) in [6.07, 6.45) is 32.4. The van der Waals surface area contributed by atoms with Gasteiger partial charge in [0, 0.05) is 0 Å². The Morgan fingerprint density at radius 2 is 1.05 bits per heavy atom. The molecular formula is C35H67NO6S. The van der Waals surface area contributed by atoms with E-state index in [2.05, 4.69) is 31.3 Å². The Hall–Kier alpha value is -1.22. The highest BCUT2D eigenvalue weighted by atomic mass is 32.2. The molecule has 0 spiro atoms. The zero-order valence-corrected chi connectivity index (χ0v) is 28.5. The fourth-order valence-corrected chi connectivity index (χ4v) is 5.93. The van der Waals surface area contributed by atoms with E-state index < -0.39 is 40.0 Å². The maximum Gasteiger partial charge on any atom is 0.267 e. The molecule has 7 nitrogen and oxygen atoms in total. The molecule has 0 aromatic rings. The van der Waals surface area contributed by atoms with Gasteiger partial charge in [-0.05, 0) is 38.5 Å². The summed E-state index contributed by atoms with van der Waals surface area (Å²) in [5.41, 5.74) is 0. The van der Waals surface area contributed by atoms with Gasteiger partial charge in [-0.1, -0.05) is 154 Å². The van der Waals surface area contributed by atoms with Crippen LogP contribution in [0.1, 0.15) is 168 Å². The molecule has 0 bridgehead atoms. The number of unbranched alkanes of at least 4 members (excludes halogenated alkanes) is 20. The molecule has 254 valence electrons. The first-order valence-electron chi connectivity index (χ1n) is 17.6. The topological polar surface area (TPSA) is 124 Å². The average Bonchev–Trinajstić information content (AvgIpc) is 2.96. The van der Waals surface area contributed by atoms with Gasteiger partial charge in [-0.2, -0.15) is 8.42 Å². The maximum absolute atomic E-state index is 12.5. The average molecular weight is 630 g/mol. The quantitative estimate of drug-likeness (QED) is 0.0346. The van der Waals surface area contributed by atoms with Gasteiger partial charge < -0.3 is 15.5 Å². The summed E-state index contributed by atoms with van der Waals surface area (Å²) in [5, 5.41) is 23.2. The second-order valence-electron chi connectivity index (χ2n) is 12.3. The number of hydrogen-bond acceptors (Lipinski definition) is 5. The Bertz CT molecular complexity index is 798. The lowest BCUT2D eigenvalue weighted by molar-refractivity contribution is -0.130. The van der Waals surface area contributed by atoms with Crippen molar-refractivity contribution >= 4 is 16.0 Å². The van der Waals surface area contributed by atoms with Gasteiger partial charge in [0.15, 0.2) is 0 Å². The number of aliphatic hydroxyl groups is 2. The second kappa shape index (κ2) is 29.5. The molecular weight excluding hydrogens is 562 g/mol. The largest absolute Gasteiger partial charge is 0.387 e. The van der Waals surface area contributed by atoms with E-state index in [1.165, 1.54) is 96.0 Å². The molecule has 0 aliphatic rings. The van der Waals surface area contributed by atoms with Crippen LogP contribution in [0.15, 0.2) is 24.3 Å². The van der Waals surface area contributed by atoms with E-state index in [-0.39, 0.29) is 6.42 Å². The Balaban J connectivity index is 4.14. The molecule has 0 aliphatic carbocycles. The van der Waals surface area contributed by atoms with Gasteiger partial charge >= 0.3 is 0 Å². The van der Waals surface area contributed by atoms with E-state index in [1.54, 1.807) is 6.08 Å². The molecule has 0 aromatic carbocycles. The van der Waals surface area contributed by atoms with Crippen molar-refractivity contribution in [3.63, 3.8) is 0 Å². The highest BCUT2D eigenvalue weighted by Gasteiger charge is 2.27. The minimum atomic E-state index is -4.43. The van der Waals surface area contributed by atoms with Crippen molar-refractivity contribution in [3.05, 3.63) is 24.3 Å². The van der Waals surface area contributed by atoms with E-state index in [1.807, 2.05) is 0 Å². The molecule has 3 atom stereocenters. The predicted octanol–water partition coefficient (Wildman–Crippen LogP) is 8.60. The summed E-state index contributed by atoms with van der Waals surface area (Å²) >= 11 is 0. The third-order valence-electron chi connectivity index (χ3n) is 7.98. The van der Waals surface area contributed by atoms with E-state index >= 15 is 0 Å². The summed E-state index contributed by atoms with van der Waals surface area (Å²) in [6, 6.07) is -1.23. The van der Waals surface area contributed by atoms with Crippen LogP contribution in [-0.2, 0) is 14.9 Å². The van der Waals surface area contributed by atoms with E-state index in [4.69, 9.17) is 0 Å². The number of rotatable bonds is 31. The molecule has 3 unspecified atom stereocenters. The molecule has 0 fully saturated rings. The first-order chi connectivity index (χ1) is 20.7. The molecule has 0 heterocycles. The van der Waals surface area contributed by atoms with Crippen molar-refractivity contribution in [2.45, 2.75) is 186 Å². The van der Waals surface area contributed by atoms with Crippen molar-refractivity contribution in [2.24, 2.45) is 0 Å². The predicted molar refractivity (Wildman–Crippen MR) is 181 cm³/mol. The van der Waals surface area contributed by atoms with E-state index in [0.717, 1.165) is 51.4 Å². The van der Waals surface area contributed by atoms with Gasteiger partial charge in [0.1, 0.15) is 6.10 Å². The highest BCUT2D eigenvalue weighted by Crippen LogP contribution is 2.14. The van der Waals surface area contributed by atoms with Crippen molar-refractivity contribution in [3.8, 4) is 0 Å². The van der Waals surface area contributed by atoms with Crippen LogP contribution in [0.25, 0.3) is 0 Å². The van der Waals surface area contributed by atoms with Crippen molar-refractivity contribution in [1.29, 1.82) is 0 Å². The molecule has 8 heteroatoms. The first kappa shape index (κ1) is 41.8. The zero-order chi connectivity index (χ0) is 32.0. The summed E-state index contributed by atoms with van der Waals surface area (Å²) in [6.45, 7) is 4.43. The van der Waals surface area contributed by atoms with Gasteiger partial charge in [-0.15, -0.1) is 0 Å². The molecule has 0 rings (SSSR count). The number of hydrogen-bond donors (Lipinski definition) is 4. The SMILES string of the molecule is CCCC/C=C\CCCCCCC(O)C(=O)NC(CS(=O)(=O)O)C(O)/C=C/CCCCCCCCCCCCCCCC. The van der Waals surface area contributed by atoms with Crippen LogP contribution in [-0.4, -0.2) is 53.1 Å². The molecule has 0 aromatic heterocycles. The van der Waals surface area contributed by atoms with Crippen LogP contribution in [0.4, 0.5) is 0 Å². The summed E-state index contributed by atoms with van der Waals surface area (Å²) < 4.78 is 32.3. The fourth-order valence-electron chi connectivity index (χ4n) is 5.20. The molecule has 0 saturated carbocycles. The molecule has 43 heavy (non-hydrogen) atoms. The highest BCUT2D eigenvalue weighted by molar-refractivity contribution is 7.85. The van der Waals surface area contributed by atoms with Crippen LogP contribution < -0.4 is 5.32 Å². The molecule has 1 amide bonds. The molecule has 0 radical (unpaired) electrons. The van der Waals surface area contributed by atoms with Crippen LogP contribution in [0.2, 0.25) is 0 Å². The van der Waals surface area contributed by atoms with Gasteiger partial charge in [0.2, 0.25) is 5.91 Å². The van der Waals surface area contributed by atoms with Crippen LogP contribution >= 0.6 is 0 Å². The number of amides is 1. The van der Waals surface area contributed by atoms with Crippen LogP contribution in [0.3, 0.4) is 0 Å². The maximum atomic E-state index is 12.5. The number of carbonyl (C=O) groups is 1. The number of nitrogens with one attached hydrogen (secondary N) is 1. The first-order valence-corrected chi connectivity index (χ1v) is 19.3. The molecule has 0 aliphatic heterocycles. The number of carbonyl (C=O) groups excluding carboxylic acids is 1. The van der Waals surface area contributed by atoms with Crippen molar-refractivity contribution < 1.29 is 28.0 Å². The molecule has 4 N–H and O–H groups in total.